The van der Waals surface area contributed by atoms with Crippen LogP contribution >= 0.6 is 0 Å². The van der Waals surface area contributed by atoms with Gasteiger partial charge in [-0.2, -0.15) is 10.2 Å². The Labute approximate surface area is 197 Å². The van der Waals surface area contributed by atoms with Gasteiger partial charge in [-0.15, -0.1) is 0 Å². The molecule has 0 aliphatic carbocycles. The zero-order chi connectivity index (χ0) is 24.1. The van der Waals surface area contributed by atoms with Crippen LogP contribution < -0.4 is 15.5 Å². The average Bonchev–Trinajstić information content (AvgIpc) is 2.88. The molecule has 1 aliphatic rings. The van der Waals surface area contributed by atoms with Gasteiger partial charge in [-0.05, 0) is 30.7 Å². The topological polar surface area (TPSA) is 103 Å². The Kier molecular flexibility index (Phi) is 6.99. The molecule has 3 aromatic rings. The molecule has 1 amide bonds. The molecule has 8 nitrogen and oxygen atoms in total. The lowest BCUT2D eigenvalue weighted by Crippen LogP contribution is -2.53. The van der Waals surface area contributed by atoms with Crippen molar-refractivity contribution in [2.45, 2.75) is 25.5 Å². The van der Waals surface area contributed by atoms with E-state index in [1.807, 2.05) is 48.2 Å². The minimum Gasteiger partial charge on any atom is -0.364 e. The first kappa shape index (κ1) is 23.1. The molecule has 1 aromatic heterocycles. The Bertz CT molecular complexity index is 1210. The molecule has 2 aromatic carbocycles. The lowest BCUT2D eigenvalue weighted by molar-refractivity contribution is -0.129. The Balaban J connectivity index is 1.64. The van der Waals surface area contributed by atoms with Crippen LogP contribution in [0.1, 0.15) is 18.9 Å². The molecule has 174 valence electrons. The van der Waals surface area contributed by atoms with E-state index in [1.165, 1.54) is 12.1 Å². The van der Waals surface area contributed by atoms with E-state index in [2.05, 4.69) is 20.6 Å². The summed E-state index contributed by atoms with van der Waals surface area (Å²) in [5.41, 5.74) is 1.70. The van der Waals surface area contributed by atoms with E-state index in [1.54, 1.807) is 19.2 Å². The number of amides is 1. The molecule has 0 radical (unpaired) electrons. The number of hydrogen-bond donors (Lipinski definition) is 2. The lowest BCUT2D eigenvalue weighted by atomic mass is 10.1. The second-order valence-corrected chi connectivity index (χ2v) is 7.88. The highest BCUT2D eigenvalue weighted by atomic mass is 19.1. The van der Waals surface area contributed by atoms with Gasteiger partial charge in [0.25, 0.3) is 5.91 Å². The van der Waals surface area contributed by atoms with E-state index >= 15 is 0 Å². The SMILES string of the molecule is CCC1COC(C(=O)Nc2ccccc2)CN1c1cc(-c2ccc(C#N)c(F)c2)nc(NC)n1. The summed E-state index contributed by atoms with van der Waals surface area (Å²) in [6.07, 6.45) is 0.0963. The smallest absolute Gasteiger partial charge is 0.255 e. The monoisotopic (exact) mass is 460 g/mol. The Morgan fingerprint density at radius 1 is 1.24 bits per heavy atom. The number of aromatic nitrogens is 2. The number of nitrogens with one attached hydrogen (secondary N) is 2. The largest absolute Gasteiger partial charge is 0.364 e. The number of carbonyl (C=O) groups excluding carboxylic acids is 1. The Hall–Kier alpha value is -4.03. The van der Waals surface area contributed by atoms with E-state index in [0.717, 1.165) is 6.42 Å². The quantitative estimate of drug-likeness (QED) is 0.576. The maximum absolute atomic E-state index is 14.3. The van der Waals surface area contributed by atoms with Crippen LogP contribution in [0.2, 0.25) is 0 Å². The summed E-state index contributed by atoms with van der Waals surface area (Å²) < 4.78 is 20.1. The van der Waals surface area contributed by atoms with Crippen molar-refractivity contribution in [3.8, 4) is 17.3 Å². The zero-order valence-corrected chi connectivity index (χ0v) is 19.0. The number of anilines is 3. The molecule has 1 aliphatic heterocycles. The standard InChI is InChI=1S/C25H25FN6O2/c1-3-19-15-34-22(24(33)29-18-7-5-4-6-8-18)14-32(19)23-12-21(30-25(28-2)31-23)16-9-10-17(13-27)20(26)11-16/h4-12,19,22H,3,14-15H2,1-2H3,(H,29,33)(H,28,30,31). The molecule has 0 saturated carbocycles. The van der Waals surface area contributed by atoms with Gasteiger partial charge in [0.05, 0.1) is 30.5 Å². The maximum atomic E-state index is 14.3. The summed E-state index contributed by atoms with van der Waals surface area (Å²) in [5.74, 6) is 0.125. The summed E-state index contributed by atoms with van der Waals surface area (Å²) in [5, 5.41) is 14.9. The number of nitrogens with zero attached hydrogens (tertiary/aromatic N) is 4. The molecule has 1 saturated heterocycles. The number of morpholine rings is 1. The summed E-state index contributed by atoms with van der Waals surface area (Å²) >= 11 is 0. The molecule has 9 heteroatoms. The van der Waals surface area contributed by atoms with Crippen LogP contribution in [0.4, 0.5) is 21.8 Å². The van der Waals surface area contributed by atoms with Gasteiger partial charge in [0.2, 0.25) is 5.95 Å². The van der Waals surface area contributed by atoms with Crippen molar-refractivity contribution in [2.75, 3.05) is 35.7 Å². The Morgan fingerprint density at radius 2 is 2.03 bits per heavy atom. The van der Waals surface area contributed by atoms with Crippen LogP contribution in [0.15, 0.2) is 54.6 Å². The van der Waals surface area contributed by atoms with Gasteiger partial charge in [-0.25, -0.2) is 9.37 Å². The minimum atomic E-state index is -0.688. The molecule has 0 bridgehead atoms. The normalized spacial score (nSPS) is 17.6. The van der Waals surface area contributed by atoms with Gasteiger partial charge in [-0.3, -0.25) is 4.79 Å². The fourth-order valence-corrected chi connectivity index (χ4v) is 3.83. The van der Waals surface area contributed by atoms with Crippen LogP contribution in [0.25, 0.3) is 11.3 Å². The van der Waals surface area contributed by atoms with E-state index in [9.17, 15) is 9.18 Å². The van der Waals surface area contributed by atoms with Gasteiger partial charge in [0, 0.05) is 24.4 Å². The number of halogens is 1. The molecular weight excluding hydrogens is 435 g/mol. The second-order valence-electron chi connectivity index (χ2n) is 7.88. The summed E-state index contributed by atoms with van der Waals surface area (Å²) in [7, 11) is 1.70. The molecule has 2 N–H and O–H groups in total. The fraction of sp³-hybridized carbons (Fsp3) is 0.280. The number of rotatable bonds is 6. The maximum Gasteiger partial charge on any atom is 0.255 e. The Morgan fingerprint density at radius 3 is 2.71 bits per heavy atom. The zero-order valence-electron chi connectivity index (χ0n) is 19.0. The number of hydrogen-bond acceptors (Lipinski definition) is 7. The van der Waals surface area contributed by atoms with Crippen molar-refractivity contribution in [2.24, 2.45) is 0 Å². The summed E-state index contributed by atoms with van der Waals surface area (Å²) in [6, 6.07) is 17.2. The van der Waals surface area contributed by atoms with Gasteiger partial charge in [0.15, 0.2) is 6.10 Å². The predicted octanol–water partition coefficient (Wildman–Crippen LogP) is 3.82. The first-order chi connectivity index (χ1) is 16.5. The van der Waals surface area contributed by atoms with Crippen molar-refractivity contribution >= 4 is 23.4 Å². The lowest BCUT2D eigenvalue weighted by Gasteiger charge is -2.39. The highest BCUT2D eigenvalue weighted by molar-refractivity contribution is 5.94. The third-order valence-electron chi connectivity index (χ3n) is 5.71. The van der Waals surface area contributed by atoms with E-state index in [-0.39, 0.29) is 17.5 Å². The van der Waals surface area contributed by atoms with Gasteiger partial charge in [-0.1, -0.05) is 31.2 Å². The van der Waals surface area contributed by atoms with Gasteiger partial charge < -0.3 is 20.3 Å². The van der Waals surface area contributed by atoms with E-state index in [4.69, 9.17) is 10.00 Å². The van der Waals surface area contributed by atoms with E-state index in [0.29, 0.717) is 41.9 Å². The van der Waals surface area contributed by atoms with Crippen molar-refractivity contribution in [1.82, 2.24) is 9.97 Å². The minimum absolute atomic E-state index is 0.00549. The number of benzene rings is 2. The summed E-state index contributed by atoms with van der Waals surface area (Å²) in [4.78, 5) is 24.0. The molecule has 1 fully saturated rings. The van der Waals surface area contributed by atoms with Crippen molar-refractivity contribution in [3.63, 3.8) is 0 Å². The first-order valence-electron chi connectivity index (χ1n) is 11.0. The number of para-hydroxylation sites is 1. The molecule has 2 atom stereocenters. The van der Waals surface area contributed by atoms with Crippen LogP contribution in [0.3, 0.4) is 0 Å². The molecule has 4 rings (SSSR count). The molecule has 2 unspecified atom stereocenters. The number of carbonyl (C=O) groups is 1. The third kappa shape index (κ3) is 4.97. The first-order valence-corrected chi connectivity index (χ1v) is 11.0. The van der Waals surface area contributed by atoms with Crippen LogP contribution in [-0.2, 0) is 9.53 Å². The van der Waals surface area contributed by atoms with Crippen LogP contribution in [-0.4, -0.2) is 48.2 Å². The number of ether oxygens (including phenoxy) is 1. The van der Waals surface area contributed by atoms with Gasteiger partial charge in [0.1, 0.15) is 17.7 Å². The highest BCUT2D eigenvalue weighted by Gasteiger charge is 2.33. The van der Waals surface area contributed by atoms with Crippen molar-refractivity contribution in [3.05, 3.63) is 66.0 Å². The van der Waals surface area contributed by atoms with E-state index < -0.39 is 11.9 Å². The number of nitriles is 1. The predicted molar refractivity (Wildman–Crippen MR) is 128 cm³/mol. The van der Waals surface area contributed by atoms with Crippen molar-refractivity contribution < 1.29 is 13.9 Å². The van der Waals surface area contributed by atoms with Gasteiger partial charge >= 0.3 is 0 Å². The molecule has 0 spiro atoms. The molecule has 2 heterocycles. The average molecular weight is 461 g/mol. The third-order valence-corrected chi connectivity index (χ3v) is 5.71. The highest BCUT2D eigenvalue weighted by Crippen LogP contribution is 2.28. The van der Waals surface area contributed by atoms with Crippen LogP contribution in [0.5, 0.6) is 0 Å². The fourth-order valence-electron chi connectivity index (χ4n) is 3.83. The summed E-state index contributed by atoms with van der Waals surface area (Å²) in [6.45, 7) is 2.71. The van der Waals surface area contributed by atoms with Crippen molar-refractivity contribution in [1.29, 1.82) is 5.26 Å². The molecule has 34 heavy (non-hydrogen) atoms. The van der Waals surface area contributed by atoms with Crippen LogP contribution in [0, 0.1) is 17.1 Å². The second kappa shape index (κ2) is 10.3. The molecular formula is C25H25FN6O2.